The van der Waals surface area contributed by atoms with Crippen molar-refractivity contribution in [3.05, 3.63) is 194 Å². The lowest BCUT2D eigenvalue weighted by molar-refractivity contribution is 0.956. The molecule has 63 heavy (non-hydrogen) atoms. The molecule has 300 valence electrons. The minimum atomic E-state index is 0.552. The van der Waals surface area contributed by atoms with Gasteiger partial charge in [-0.1, -0.05) is 190 Å². The minimum Gasteiger partial charge on any atom is -0.277 e. The molecule has 9 aromatic carbocycles. The topological polar surface area (TPSA) is 43.6 Å². The molecule has 0 amide bonds. The van der Waals surface area contributed by atoms with Gasteiger partial charge in [0.15, 0.2) is 11.6 Å². The molecule has 0 saturated carbocycles. The minimum absolute atomic E-state index is 0.552. The zero-order chi connectivity index (χ0) is 42.6. The van der Waals surface area contributed by atoms with Crippen LogP contribution in [0.25, 0.3) is 126 Å². The Hall–Kier alpha value is -7.73. The fourth-order valence-corrected chi connectivity index (χ4v) is 10.6. The Balaban J connectivity index is 0.00000219. The third-order valence-corrected chi connectivity index (χ3v) is 13.3. The SMILES string of the molecule is C=Cc1c(/C=C\C)c2ccccc2c2c1c1cccc(-c3cccc4c3sc3ccccc34)c1n2-c1nc(-c2ccc3ccccc3c2)nc(-c2ccc3ccccc3c2)n1.CC. The first-order valence-electron chi connectivity index (χ1n) is 21.6. The van der Waals surface area contributed by atoms with Crippen molar-refractivity contribution < 1.29 is 0 Å². The van der Waals surface area contributed by atoms with Crippen LogP contribution in [0.3, 0.4) is 0 Å². The Morgan fingerprint density at radius 1 is 0.492 bits per heavy atom. The van der Waals surface area contributed by atoms with E-state index >= 15 is 0 Å². The zero-order valence-corrected chi connectivity index (χ0v) is 36.1. The molecule has 3 aromatic heterocycles. The lowest BCUT2D eigenvalue weighted by atomic mass is 9.92. The standard InChI is InChI=1S/C56H36N4S.C2H6/c1-3-15-41-40(4-2)50-48-26-13-23-45(47-25-14-24-46-43-21-11-12-27-49(43)61-53(46)47)51(48)60(52(50)44-22-10-9-20-42(41)44)56-58-54(38-30-28-34-16-5-7-18-36(34)32-38)57-55(59-56)39-31-29-35-17-6-8-19-37(35)33-39;1-2/h3-33H,2H2,1H3;1-2H3/b15-3-;. The van der Waals surface area contributed by atoms with Gasteiger partial charge < -0.3 is 0 Å². The molecule has 0 unspecified atom stereocenters. The molecular weight excluding hydrogens is 785 g/mol. The van der Waals surface area contributed by atoms with Gasteiger partial charge in [0.05, 0.1) is 11.0 Å². The van der Waals surface area contributed by atoms with E-state index < -0.39 is 0 Å². The molecule has 0 fully saturated rings. The summed E-state index contributed by atoms with van der Waals surface area (Å²) in [6.45, 7) is 10.5. The van der Waals surface area contributed by atoms with E-state index in [1.54, 1.807) is 0 Å². The summed E-state index contributed by atoms with van der Waals surface area (Å²) < 4.78 is 4.84. The van der Waals surface area contributed by atoms with Crippen molar-refractivity contribution in [3.63, 3.8) is 0 Å². The van der Waals surface area contributed by atoms with E-state index in [0.717, 1.165) is 81.9 Å². The Labute approximate surface area is 369 Å². The third kappa shape index (κ3) is 6.15. The summed E-state index contributed by atoms with van der Waals surface area (Å²) in [5.74, 6) is 1.77. The predicted molar refractivity (Wildman–Crippen MR) is 272 cm³/mol. The van der Waals surface area contributed by atoms with Gasteiger partial charge in [-0.2, -0.15) is 9.97 Å². The third-order valence-electron chi connectivity index (χ3n) is 12.1. The fourth-order valence-electron chi connectivity index (χ4n) is 9.38. The van der Waals surface area contributed by atoms with E-state index in [1.165, 1.54) is 25.7 Å². The molecule has 12 rings (SSSR count). The second kappa shape index (κ2) is 15.6. The van der Waals surface area contributed by atoms with Crippen LogP contribution in [0.4, 0.5) is 0 Å². The van der Waals surface area contributed by atoms with Gasteiger partial charge >= 0.3 is 0 Å². The molecule has 12 aromatic rings. The molecular formula is C58H42N4S. The predicted octanol–water partition coefficient (Wildman–Crippen LogP) is 16.5. The van der Waals surface area contributed by atoms with Crippen LogP contribution < -0.4 is 0 Å². The van der Waals surface area contributed by atoms with Gasteiger partial charge in [-0.3, -0.25) is 4.57 Å². The Morgan fingerprint density at radius 2 is 1.05 bits per heavy atom. The van der Waals surface area contributed by atoms with E-state index in [1.807, 2.05) is 31.3 Å². The second-order valence-corrected chi connectivity index (χ2v) is 16.6. The van der Waals surface area contributed by atoms with Crippen molar-refractivity contribution in [1.29, 1.82) is 0 Å². The highest BCUT2D eigenvalue weighted by atomic mass is 32.1. The number of benzene rings is 9. The van der Waals surface area contributed by atoms with Gasteiger partial charge in [0.2, 0.25) is 5.95 Å². The molecule has 0 spiro atoms. The molecule has 4 nitrogen and oxygen atoms in total. The van der Waals surface area contributed by atoms with Crippen LogP contribution in [0, 0.1) is 0 Å². The van der Waals surface area contributed by atoms with Crippen LogP contribution in [0.15, 0.2) is 183 Å². The molecule has 0 N–H and O–H groups in total. The van der Waals surface area contributed by atoms with E-state index in [-0.39, 0.29) is 0 Å². The van der Waals surface area contributed by atoms with Crippen LogP contribution in [0.1, 0.15) is 31.9 Å². The maximum Gasteiger partial charge on any atom is 0.238 e. The molecule has 3 heterocycles. The van der Waals surface area contributed by atoms with E-state index in [2.05, 4.69) is 200 Å². The second-order valence-electron chi connectivity index (χ2n) is 15.5. The first-order chi connectivity index (χ1) is 31.2. The fraction of sp³-hybridized carbons (Fsp3) is 0.0517. The van der Waals surface area contributed by atoms with Crippen LogP contribution in [-0.4, -0.2) is 19.5 Å². The summed E-state index contributed by atoms with van der Waals surface area (Å²) in [6.07, 6.45) is 6.34. The summed E-state index contributed by atoms with van der Waals surface area (Å²) in [7, 11) is 0. The van der Waals surface area contributed by atoms with Gasteiger partial charge in [-0.15, -0.1) is 11.3 Å². The van der Waals surface area contributed by atoms with Gasteiger partial charge in [0.1, 0.15) is 0 Å². The molecule has 5 heteroatoms. The van der Waals surface area contributed by atoms with E-state index in [4.69, 9.17) is 15.0 Å². The number of allylic oxidation sites excluding steroid dienone is 1. The molecule has 0 atom stereocenters. The highest BCUT2D eigenvalue weighted by molar-refractivity contribution is 7.26. The van der Waals surface area contributed by atoms with E-state index in [0.29, 0.717) is 17.6 Å². The van der Waals surface area contributed by atoms with E-state index in [9.17, 15) is 0 Å². The van der Waals surface area contributed by atoms with Crippen LogP contribution in [0.5, 0.6) is 0 Å². The van der Waals surface area contributed by atoms with Gasteiger partial charge in [-0.25, -0.2) is 4.98 Å². The summed E-state index contributed by atoms with van der Waals surface area (Å²) in [5.41, 5.74) is 8.41. The summed E-state index contributed by atoms with van der Waals surface area (Å²) in [4.78, 5) is 16.3. The maximum absolute atomic E-state index is 5.50. The molecule has 0 aliphatic carbocycles. The molecule has 0 radical (unpaired) electrons. The lowest BCUT2D eigenvalue weighted by Crippen LogP contribution is -2.07. The Bertz CT molecular complexity index is 3710. The number of hydrogen-bond donors (Lipinski definition) is 0. The first-order valence-corrected chi connectivity index (χ1v) is 22.4. The highest BCUT2D eigenvalue weighted by Gasteiger charge is 2.26. The van der Waals surface area contributed by atoms with Crippen molar-refractivity contribution in [2.75, 3.05) is 0 Å². The van der Waals surface area contributed by atoms with Crippen molar-refractivity contribution >= 4 is 97.8 Å². The first kappa shape index (κ1) is 38.2. The maximum atomic E-state index is 5.50. The summed E-state index contributed by atoms with van der Waals surface area (Å²) in [5, 5.41) is 11.6. The number of nitrogens with zero attached hydrogens (tertiary/aromatic N) is 4. The number of aromatic nitrogens is 4. The van der Waals surface area contributed by atoms with Crippen LogP contribution in [-0.2, 0) is 0 Å². The number of para-hydroxylation sites is 1. The van der Waals surface area contributed by atoms with Gasteiger partial charge in [0.25, 0.3) is 0 Å². The normalized spacial score (nSPS) is 11.7. The Kier molecular flexibility index (Phi) is 9.48. The average molecular weight is 827 g/mol. The van der Waals surface area contributed by atoms with Crippen LogP contribution >= 0.6 is 11.3 Å². The highest BCUT2D eigenvalue weighted by Crippen LogP contribution is 2.47. The van der Waals surface area contributed by atoms with Crippen molar-refractivity contribution in [3.8, 4) is 39.9 Å². The molecule has 0 bridgehead atoms. The molecule has 0 aliphatic heterocycles. The molecule has 0 aliphatic rings. The number of rotatable bonds is 6. The quantitative estimate of drug-likeness (QED) is 0.168. The summed E-state index contributed by atoms with van der Waals surface area (Å²) in [6, 6.07) is 60.6. The Morgan fingerprint density at radius 3 is 1.70 bits per heavy atom. The van der Waals surface area contributed by atoms with Crippen molar-refractivity contribution in [1.82, 2.24) is 19.5 Å². The van der Waals surface area contributed by atoms with Crippen molar-refractivity contribution in [2.45, 2.75) is 20.8 Å². The zero-order valence-electron chi connectivity index (χ0n) is 35.3. The monoisotopic (exact) mass is 826 g/mol. The molecule has 0 saturated heterocycles. The summed E-state index contributed by atoms with van der Waals surface area (Å²) >= 11 is 1.84. The number of thiophene rings is 1. The largest absolute Gasteiger partial charge is 0.277 e. The van der Waals surface area contributed by atoms with Gasteiger partial charge in [-0.05, 0) is 63.2 Å². The lowest BCUT2D eigenvalue weighted by Gasteiger charge is -2.15. The number of hydrogen-bond acceptors (Lipinski definition) is 4. The smallest absolute Gasteiger partial charge is 0.238 e. The van der Waals surface area contributed by atoms with Crippen LogP contribution in [0.2, 0.25) is 0 Å². The number of fused-ring (bicyclic) bond motifs is 10. The average Bonchev–Trinajstić information content (AvgIpc) is 3.91. The van der Waals surface area contributed by atoms with Crippen molar-refractivity contribution in [2.24, 2.45) is 0 Å². The van der Waals surface area contributed by atoms with Gasteiger partial charge in [0, 0.05) is 58.6 Å².